The molecule has 0 aliphatic carbocycles. The van der Waals surface area contributed by atoms with Gasteiger partial charge in [-0.1, -0.05) is 29.8 Å². The number of piperidine rings is 1. The molecule has 30 heavy (non-hydrogen) atoms. The predicted molar refractivity (Wildman–Crippen MR) is 115 cm³/mol. The second kappa shape index (κ2) is 9.37. The molecule has 0 N–H and O–H groups in total. The molecule has 162 valence electrons. The lowest BCUT2D eigenvalue weighted by Crippen LogP contribution is -2.48. The summed E-state index contributed by atoms with van der Waals surface area (Å²) < 4.78 is 38.0. The molecule has 1 fully saturated rings. The van der Waals surface area contributed by atoms with Crippen LogP contribution in [0.2, 0.25) is 5.02 Å². The van der Waals surface area contributed by atoms with Crippen LogP contribution in [0.5, 0.6) is 5.75 Å². The van der Waals surface area contributed by atoms with Crippen LogP contribution in [0.25, 0.3) is 0 Å². The summed E-state index contributed by atoms with van der Waals surface area (Å²) in [6.45, 7) is 2.54. The van der Waals surface area contributed by atoms with Gasteiger partial charge in [0.2, 0.25) is 10.0 Å². The molecule has 0 saturated carbocycles. The van der Waals surface area contributed by atoms with Gasteiger partial charge in [0.25, 0.3) is 0 Å². The first kappa shape index (κ1) is 22.6. The Morgan fingerprint density at radius 3 is 2.37 bits per heavy atom. The zero-order chi connectivity index (χ0) is 21.8. The van der Waals surface area contributed by atoms with Crippen molar-refractivity contribution < 1.29 is 22.7 Å². The van der Waals surface area contributed by atoms with Crippen LogP contribution in [0.4, 0.5) is 0 Å². The summed E-state index contributed by atoms with van der Waals surface area (Å²) in [6.07, 6.45) is 1.26. The maximum atomic E-state index is 13.0. The molecule has 0 amide bonds. The molecular weight excluding hydrogens is 426 g/mol. The van der Waals surface area contributed by atoms with Crippen LogP contribution < -0.4 is 4.74 Å². The van der Waals surface area contributed by atoms with Crippen molar-refractivity contribution in [2.24, 2.45) is 5.41 Å². The number of esters is 1. The van der Waals surface area contributed by atoms with Crippen molar-refractivity contribution in [3.63, 3.8) is 0 Å². The second-order valence-corrected chi connectivity index (χ2v) is 9.76. The Balaban J connectivity index is 1.81. The molecule has 8 heteroatoms. The summed E-state index contributed by atoms with van der Waals surface area (Å²) in [4.78, 5) is 13.0. The molecule has 0 aromatic heterocycles. The van der Waals surface area contributed by atoms with E-state index in [1.807, 2.05) is 24.3 Å². The average Bonchev–Trinajstić information content (AvgIpc) is 2.75. The molecule has 6 nitrogen and oxygen atoms in total. The zero-order valence-corrected chi connectivity index (χ0v) is 18.7. The van der Waals surface area contributed by atoms with E-state index in [-0.39, 0.29) is 30.6 Å². The number of carbonyl (C=O) groups excluding carboxylic acids is 1. The molecule has 1 saturated heterocycles. The maximum absolute atomic E-state index is 13.0. The van der Waals surface area contributed by atoms with Gasteiger partial charge in [0.1, 0.15) is 5.75 Å². The molecule has 0 unspecified atom stereocenters. The molecule has 0 radical (unpaired) electrons. The minimum absolute atomic E-state index is 0.161. The SMILES string of the molecule is CCOC(=O)C1(Cc2ccc(OC)cc2)CCN(S(=O)(=O)c2cccc(Cl)c2)CC1. The Hall–Kier alpha value is -2.09. The number of benzene rings is 2. The highest BCUT2D eigenvalue weighted by molar-refractivity contribution is 7.89. The largest absolute Gasteiger partial charge is 0.497 e. The maximum Gasteiger partial charge on any atom is 0.312 e. The first-order valence-electron chi connectivity index (χ1n) is 9.86. The van der Waals surface area contributed by atoms with E-state index in [2.05, 4.69) is 0 Å². The Morgan fingerprint density at radius 1 is 1.13 bits per heavy atom. The molecule has 2 aromatic carbocycles. The first-order valence-corrected chi connectivity index (χ1v) is 11.7. The van der Waals surface area contributed by atoms with Crippen LogP contribution in [0.15, 0.2) is 53.4 Å². The van der Waals surface area contributed by atoms with Crippen LogP contribution in [0.1, 0.15) is 25.3 Å². The Kier molecular flexibility index (Phi) is 7.06. The standard InChI is InChI=1S/C22H26ClNO5S/c1-3-29-21(25)22(16-17-7-9-19(28-2)10-8-17)11-13-24(14-12-22)30(26,27)20-6-4-5-18(23)15-20/h4-10,15H,3,11-14,16H2,1-2H3. The minimum atomic E-state index is -3.67. The summed E-state index contributed by atoms with van der Waals surface area (Å²) in [5.41, 5.74) is 0.223. The third-order valence-corrected chi connectivity index (χ3v) is 7.65. The number of rotatable bonds is 7. The average molecular weight is 452 g/mol. The van der Waals surface area contributed by atoms with E-state index in [1.165, 1.54) is 16.4 Å². The van der Waals surface area contributed by atoms with E-state index in [1.54, 1.807) is 26.2 Å². The molecule has 0 atom stereocenters. The van der Waals surface area contributed by atoms with E-state index in [4.69, 9.17) is 21.1 Å². The van der Waals surface area contributed by atoms with Crippen molar-refractivity contribution in [3.8, 4) is 5.75 Å². The van der Waals surface area contributed by atoms with Gasteiger partial charge in [-0.2, -0.15) is 4.31 Å². The third-order valence-electron chi connectivity index (χ3n) is 5.52. The number of methoxy groups -OCH3 is 1. The number of halogens is 1. The molecule has 1 aliphatic rings. The minimum Gasteiger partial charge on any atom is -0.497 e. The summed E-state index contributed by atoms with van der Waals surface area (Å²) in [6, 6.07) is 13.8. The van der Waals surface area contributed by atoms with Crippen LogP contribution in [0, 0.1) is 5.41 Å². The Bertz CT molecular complexity index is 983. The first-order chi connectivity index (χ1) is 14.3. The highest BCUT2D eigenvalue weighted by atomic mass is 35.5. The number of hydrogen-bond acceptors (Lipinski definition) is 5. The van der Waals surface area contributed by atoms with Gasteiger partial charge in [0.05, 0.1) is 24.0 Å². The normalized spacial score (nSPS) is 16.8. The molecular formula is C22H26ClNO5S. The second-order valence-electron chi connectivity index (χ2n) is 7.39. The fraction of sp³-hybridized carbons (Fsp3) is 0.409. The smallest absolute Gasteiger partial charge is 0.312 e. The summed E-state index contributed by atoms with van der Waals surface area (Å²) >= 11 is 5.97. The van der Waals surface area contributed by atoms with Crippen LogP contribution in [-0.4, -0.2) is 45.5 Å². The van der Waals surface area contributed by atoms with Gasteiger partial charge in [-0.3, -0.25) is 4.79 Å². The fourth-order valence-electron chi connectivity index (χ4n) is 3.80. The summed E-state index contributed by atoms with van der Waals surface area (Å²) in [5.74, 6) is 0.465. The van der Waals surface area contributed by atoms with Crippen molar-refractivity contribution in [2.45, 2.75) is 31.1 Å². The number of carbonyl (C=O) groups is 1. The Labute approximate surface area is 182 Å². The van der Waals surface area contributed by atoms with Crippen molar-refractivity contribution in [3.05, 3.63) is 59.1 Å². The highest BCUT2D eigenvalue weighted by Gasteiger charge is 2.45. The highest BCUT2D eigenvalue weighted by Crippen LogP contribution is 2.38. The summed E-state index contributed by atoms with van der Waals surface area (Å²) in [5, 5.41) is 0.369. The zero-order valence-electron chi connectivity index (χ0n) is 17.1. The van der Waals surface area contributed by atoms with Crippen LogP contribution in [-0.2, 0) is 26.0 Å². The van der Waals surface area contributed by atoms with Crippen LogP contribution in [0.3, 0.4) is 0 Å². The lowest BCUT2D eigenvalue weighted by atomic mass is 9.74. The van der Waals surface area contributed by atoms with Gasteiger partial charge in [0.15, 0.2) is 0 Å². The monoisotopic (exact) mass is 451 g/mol. The van der Waals surface area contributed by atoms with Gasteiger partial charge in [-0.15, -0.1) is 0 Å². The van der Waals surface area contributed by atoms with Crippen molar-refractivity contribution in [2.75, 3.05) is 26.8 Å². The van der Waals surface area contributed by atoms with E-state index < -0.39 is 15.4 Å². The van der Waals surface area contributed by atoms with Gasteiger partial charge < -0.3 is 9.47 Å². The molecule has 0 spiro atoms. The topological polar surface area (TPSA) is 72.9 Å². The number of nitrogens with zero attached hydrogens (tertiary/aromatic N) is 1. The van der Waals surface area contributed by atoms with E-state index in [0.29, 0.717) is 24.3 Å². The molecule has 1 heterocycles. The van der Waals surface area contributed by atoms with Crippen molar-refractivity contribution in [1.82, 2.24) is 4.31 Å². The molecule has 3 rings (SSSR count). The van der Waals surface area contributed by atoms with E-state index >= 15 is 0 Å². The number of hydrogen-bond donors (Lipinski definition) is 0. The number of sulfonamides is 1. The number of ether oxygens (including phenoxy) is 2. The molecule has 0 bridgehead atoms. The quantitative estimate of drug-likeness (QED) is 0.596. The van der Waals surface area contributed by atoms with Crippen LogP contribution >= 0.6 is 11.6 Å². The van der Waals surface area contributed by atoms with Crippen molar-refractivity contribution in [1.29, 1.82) is 0 Å². The third kappa shape index (κ3) is 4.79. The lowest BCUT2D eigenvalue weighted by Gasteiger charge is -2.39. The van der Waals surface area contributed by atoms with Crippen molar-refractivity contribution >= 4 is 27.6 Å². The van der Waals surface area contributed by atoms with E-state index in [9.17, 15) is 13.2 Å². The molecule has 2 aromatic rings. The lowest BCUT2D eigenvalue weighted by molar-refractivity contribution is -0.158. The van der Waals surface area contributed by atoms with Gasteiger partial charge in [-0.05, 0) is 62.1 Å². The fourth-order valence-corrected chi connectivity index (χ4v) is 5.55. The Morgan fingerprint density at radius 2 is 1.80 bits per heavy atom. The predicted octanol–water partition coefficient (Wildman–Crippen LogP) is 3.93. The van der Waals surface area contributed by atoms with Gasteiger partial charge >= 0.3 is 5.97 Å². The van der Waals surface area contributed by atoms with Gasteiger partial charge in [0, 0.05) is 18.1 Å². The molecule has 1 aliphatic heterocycles. The van der Waals surface area contributed by atoms with E-state index in [0.717, 1.165) is 11.3 Å². The van der Waals surface area contributed by atoms with Gasteiger partial charge in [-0.25, -0.2) is 8.42 Å². The summed E-state index contributed by atoms with van der Waals surface area (Å²) in [7, 11) is -2.07.